The van der Waals surface area contributed by atoms with Gasteiger partial charge in [0.1, 0.15) is 0 Å². The Hall–Kier alpha value is -0.0313. The Morgan fingerprint density at radius 2 is 1.72 bits per heavy atom. The van der Waals surface area contributed by atoms with Gasteiger partial charge in [0.15, 0.2) is 0 Å². The van der Waals surface area contributed by atoms with E-state index in [1.165, 1.54) is 70.6 Å². The zero-order valence-electron chi connectivity index (χ0n) is 16.7. The Balaban J connectivity index is 2.17. The molecule has 2 rings (SSSR count). The Morgan fingerprint density at radius 1 is 1.08 bits per heavy atom. The van der Waals surface area contributed by atoms with E-state index in [-0.39, 0.29) is 6.23 Å². The van der Waals surface area contributed by atoms with Crippen LogP contribution in [0.5, 0.6) is 0 Å². The Labute approximate surface area is 165 Å². The van der Waals surface area contributed by atoms with Crippen LogP contribution >= 0.6 is 0 Å². The standard InChI is InChI=1S/C13H27.C8H11N2O.Sn/c1-4-7-10-13(11-8-5-2)12-9-6-3;1-2-7-11-8(4-1)10-6-3-5-9-10;/h4-12H2,1-3H3;3,5,8H,1-2,4,7H2;. The van der Waals surface area contributed by atoms with E-state index in [0.29, 0.717) is 3.43 Å². The molecule has 1 aliphatic heterocycles. The van der Waals surface area contributed by atoms with Crippen molar-refractivity contribution >= 4 is 24.9 Å². The third kappa shape index (κ3) is 6.57. The molecule has 2 heterocycles. The summed E-state index contributed by atoms with van der Waals surface area (Å²) in [6.07, 6.45) is 18.3. The normalized spacial score (nSPS) is 18.6. The van der Waals surface area contributed by atoms with Crippen LogP contribution < -0.4 is 3.71 Å². The van der Waals surface area contributed by atoms with E-state index < -0.39 is 21.1 Å². The molecule has 1 unspecified atom stereocenters. The molecule has 1 aromatic heterocycles. The first-order chi connectivity index (χ1) is 12.2. The van der Waals surface area contributed by atoms with Crippen molar-refractivity contribution < 1.29 is 4.74 Å². The molecule has 1 atom stereocenters. The number of hydrogen-bond acceptors (Lipinski definition) is 2. The number of hydrogen-bond donors (Lipinski definition) is 0. The molecule has 0 N–H and O–H groups in total. The van der Waals surface area contributed by atoms with Crippen molar-refractivity contribution in [1.82, 2.24) is 9.78 Å². The van der Waals surface area contributed by atoms with Gasteiger partial charge >= 0.3 is 166 Å². The van der Waals surface area contributed by atoms with Crippen molar-refractivity contribution in [1.29, 1.82) is 0 Å². The van der Waals surface area contributed by atoms with Gasteiger partial charge in [-0.2, -0.15) is 0 Å². The minimum absolute atomic E-state index is 0.209. The second kappa shape index (κ2) is 11.6. The number of aromatic nitrogens is 2. The van der Waals surface area contributed by atoms with Crippen LogP contribution in [0.1, 0.15) is 104 Å². The van der Waals surface area contributed by atoms with E-state index in [4.69, 9.17) is 9.84 Å². The van der Waals surface area contributed by atoms with Gasteiger partial charge in [-0.1, -0.05) is 0 Å². The second-order valence-corrected chi connectivity index (χ2v) is 12.9. The van der Waals surface area contributed by atoms with Crippen LogP contribution in [0, 0.1) is 0 Å². The molecule has 0 amide bonds. The van der Waals surface area contributed by atoms with Crippen LogP contribution in [-0.2, 0) is 4.74 Å². The molecular weight excluding hydrogens is 415 g/mol. The topological polar surface area (TPSA) is 27.1 Å². The van der Waals surface area contributed by atoms with Crippen molar-refractivity contribution in [3.63, 3.8) is 0 Å². The number of unbranched alkanes of at least 4 members (excludes halogenated alkanes) is 3. The molecule has 0 spiro atoms. The molecule has 1 aromatic rings. The molecule has 0 saturated carbocycles. The summed E-state index contributed by atoms with van der Waals surface area (Å²) in [6.45, 7) is 7.93. The van der Waals surface area contributed by atoms with Crippen molar-refractivity contribution in [2.75, 3.05) is 6.61 Å². The monoisotopic (exact) mass is 454 g/mol. The fourth-order valence-corrected chi connectivity index (χ4v) is 9.43. The fraction of sp³-hybridized carbons (Fsp3) is 0.857. The van der Waals surface area contributed by atoms with E-state index >= 15 is 0 Å². The maximum atomic E-state index is 6.05. The van der Waals surface area contributed by atoms with Gasteiger partial charge in [0.25, 0.3) is 0 Å². The summed E-state index contributed by atoms with van der Waals surface area (Å²) in [7, 11) is 0. The maximum absolute atomic E-state index is 6.05. The Morgan fingerprint density at radius 3 is 2.24 bits per heavy atom. The summed E-state index contributed by atoms with van der Waals surface area (Å²) in [5.74, 6) is 0. The van der Waals surface area contributed by atoms with Gasteiger partial charge in [0.2, 0.25) is 0 Å². The van der Waals surface area contributed by atoms with Gasteiger partial charge in [0.05, 0.1) is 0 Å². The van der Waals surface area contributed by atoms with Gasteiger partial charge in [-0.05, 0) is 0 Å². The van der Waals surface area contributed by atoms with Crippen LogP contribution in [-0.4, -0.2) is 37.5 Å². The van der Waals surface area contributed by atoms with E-state index in [1.807, 2.05) is 6.20 Å². The van der Waals surface area contributed by atoms with Gasteiger partial charge < -0.3 is 0 Å². The van der Waals surface area contributed by atoms with Gasteiger partial charge in [-0.15, -0.1) is 0 Å². The summed E-state index contributed by atoms with van der Waals surface area (Å²) in [5.41, 5.74) is 0. The average Bonchev–Trinajstić information content (AvgIpc) is 3.11. The quantitative estimate of drug-likeness (QED) is 0.383. The SMILES string of the molecule is CCCC[C](CCCC)(CCCC)[Sn][c]1ccnn1C1CCCCO1. The predicted octanol–water partition coefficient (Wildman–Crippen LogP) is 5.64. The summed E-state index contributed by atoms with van der Waals surface area (Å²) < 4.78 is 10.5. The van der Waals surface area contributed by atoms with Crippen LogP contribution in [0.25, 0.3) is 0 Å². The van der Waals surface area contributed by atoms with Gasteiger partial charge in [-0.25, -0.2) is 0 Å². The molecule has 1 fully saturated rings. The summed E-state index contributed by atoms with van der Waals surface area (Å²) in [6, 6.07) is 2.32. The van der Waals surface area contributed by atoms with Crippen molar-refractivity contribution in [3.8, 4) is 0 Å². The van der Waals surface area contributed by atoms with Crippen LogP contribution in [0.15, 0.2) is 12.3 Å². The molecule has 1 aliphatic rings. The number of rotatable bonds is 12. The van der Waals surface area contributed by atoms with E-state index in [9.17, 15) is 0 Å². The van der Waals surface area contributed by atoms with Crippen molar-refractivity contribution in [2.45, 2.75) is 107 Å². The molecule has 2 radical (unpaired) electrons. The fourth-order valence-electron chi connectivity index (χ4n) is 3.94. The van der Waals surface area contributed by atoms with Crippen molar-refractivity contribution in [2.24, 2.45) is 0 Å². The van der Waals surface area contributed by atoms with E-state index in [0.717, 1.165) is 13.0 Å². The molecule has 1 saturated heterocycles. The molecular formula is C21H38N2OSn. The predicted molar refractivity (Wildman–Crippen MR) is 108 cm³/mol. The van der Waals surface area contributed by atoms with Crippen molar-refractivity contribution in [3.05, 3.63) is 12.3 Å². The van der Waals surface area contributed by atoms with Crippen LogP contribution in [0.2, 0.25) is 3.43 Å². The third-order valence-corrected chi connectivity index (χ3v) is 11.0. The van der Waals surface area contributed by atoms with Gasteiger partial charge in [-0.3, -0.25) is 0 Å². The summed E-state index contributed by atoms with van der Waals surface area (Å²) >= 11 is -0.724. The average molecular weight is 453 g/mol. The summed E-state index contributed by atoms with van der Waals surface area (Å²) in [5, 5.41) is 4.70. The zero-order chi connectivity index (χ0) is 18.0. The van der Waals surface area contributed by atoms with E-state index in [1.54, 1.807) is 3.71 Å². The zero-order valence-corrected chi connectivity index (χ0v) is 19.6. The third-order valence-electron chi connectivity index (χ3n) is 5.52. The molecule has 3 nitrogen and oxygen atoms in total. The first-order valence-electron chi connectivity index (χ1n) is 10.7. The molecule has 0 bridgehead atoms. The Bertz CT molecular complexity index is 446. The Kier molecular flexibility index (Phi) is 9.90. The number of nitrogens with zero attached hydrogens (tertiary/aromatic N) is 2. The molecule has 0 aromatic carbocycles. The summed E-state index contributed by atoms with van der Waals surface area (Å²) in [4.78, 5) is 0. The second-order valence-electron chi connectivity index (χ2n) is 7.70. The molecule has 0 aliphatic carbocycles. The first-order valence-corrected chi connectivity index (χ1v) is 13.5. The molecule has 25 heavy (non-hydrogen) atoms. The first kappa shape index (κ1) is 21.3. The van der Waals surface area contributed by atoms with Gasteiger partial charge in [0, 0.05) is 0 Å². The van der Waals surface area contributed by atoms with Crippen LogP contribution in [0.3, 0.4) is 0 Å². The minimum atomic E-state index is -0.724. The molecule has 4 heteroatoms. The number of ether oxygens (including phenoxy) is 1. The van der Waals surface area contributed by atoms with Crippen LogP contribution in [0.4, 0.5) is 0 Å². The molecule has 142 valence electrons. The van der Waals surface area contributed by atoms with E-state index in [2.05, 4.69) is 31.5 Å².